The third-order valence-corrected chi connectivity index (χ3v) is 4.45. The molecule has 1 aromatic heterocycles. The Labute approximate surface area is 147 Å². The zero-order valence-corrected chi connectivity index (χ0v) is 14.3. The molecule has 1 aliphatic heterocycles. The molecule has 3 rings (SSSR count). The molecule has 2 heterocycles. The van der Waals surface area contributed by atoms with Crippen LogP contribution in [-0.2, 0) is 14.3 Å². The molecule has 1 aromatic carbocycles. The van der Waals surface area contributed by atoms with Crippen LogP contribution in [-0.4, -0.2) is 34.8 Å². The highest BCUT2D eigenvalue weighted by atomic mass is 32.2. The number of ether oxygens (including phenoxy) is 1. The molecule has 1 atom stereocenters. The Kier molecular flexibility index (Phi) is 4.75. The van der Waals surface area contributed by atoms with E-state index in [-0.39, 0.29) is 17.3 Å². The average molecular weight is 361 g/mol. The highest BCUT2D eigenvalue weighted by Crippen LogP contribution is 2.32. The summed E-state index contributed by atoms with van der Waals surface area (Å²) in [6, 6.07) is 6.42. The second-order valence-corrected chi connectivity index (χ2v) is 6.42. The maximum atomic E-state index is 12.2. The summed E-state index contributed by atoms with van der Waals surface area (Å²) in [5, 5.41) is 8.84. The van der Waals surface area contributed by atoms with E-state index in [4.69, 9.17) is 9.26 Å². The standard InChI is InChI=1S/C16H15N3O5S/c1-8-5-13(19-24-8)18-15(21)9(2)23-16(22)10-3-4-12-11(6-10)17-14(20)7-25-12/h3-6,9H,7H2,1-2H3,(H,17,20)(H,18,19,21)/t9-/m1/s1. The molecule has 8 nitrogen and oxygen atoms in total. The smallest absolute Gasteiger partial charge is 0.338 e. The second kappa shape index (κ2) is 6.98. The van der Waals surface area contributed by atoms with Gasteiger partial charge in [0.1, 0.15) is 5.76 Å². The molecule has 0 spiro atoms. The van der Waals surface area contributed by atoms with Crippen LogP contribution in [0.15, 0.2) is 33.7 Å². The summed E-state index contributed by atoms with van der Waals surface area (Å²) in [7, 11) is 0. The molecule has 0 saturated carbocycles. The first-order chi connectivity index (χ1) is 11.9. The van der Waals surface area contributed by atoms with Crippen LogP contribution >= 0.6 is 11.8 Å². The molecule has 0 radical (unpaired) electrons. The highest BCUT2D eigenvalue weighted by Gasteiger charge is 2.22. The number of nitrogens with one attached hydrogen (secondary N) is 2. The van der Waals surface area contributed by atoms with E-state index in [1.54, 1.807) is 25.1 Å². The van der Waals surface area contributed by atoms with Crippen molar-refractivity contribution in [2.75, 3.05) is 16.4 Å². The number of benzene rings is 1. The van der Waals surface area contributed by atoms with Crippen molar-refractivity contribution in [3.63, 3.8) is 0 Å². The van der Waals surface area contributed by atoms with E-state index in [9.17, 15) is 14.4 Å². The Morgan fingerprint density at radius 3 is 2.92 bits per heavy atom. The van der Waals surface area contributed by atoms with Crippen molar-refractivity contribution in [3.05, 3.63) is 35.6 Å². The summed E-state index contributed by atoms with van der Waals surface area (Å²) in [6.45, 7) is 3.15. The van der Waals surface area contributed by atoms with E-state index in [1.807, 2.05) is 0 Å². The lowest BCUT2D eigenvalue weighted by atomic mass is 10.2. The molecular weight excluding hydrogens is 346 g/mol. The second-order valence-electron chi connectivity index (χ2n) is 5.41. The van der Waals surface area contributed by atoms with Crippen molar-refractivity contribution in [2.45, 2.75) is 24.8 Å². The summed E-state index contributed by atoms with van der Waals surface area (Å²) in [5.41, 5.74) is 0.810. The lowest BCUT2D eigenvalue weighted by molar-refractivity contribution is -0.123. The van der Waals surface area contributed by atoms with Crippen molar-refractivity contribution in [1.82, 2.24) is 5.16 Å². The molecule has 0 unspecified atom stereocenters. The number of aromatic nitrogens is 1. The molecule has 2 amide bonds. The summed E-state index contributed by atoms with van der Waals surface area (Å²) in [6.07, 6.45) is -1.02. The lowest BCUT2D eigenvalue weighted by Crippen LogP contribution is -2.30. The third kappa shape index (κ3) is 4.00. The predicted octanol–water partition coefficient (Wildman–Crippen LogP) is 2.21. The van der Waals surface area contributed by atoms with E-state index in [0.717, 1.165) is 4.90 Å². The molecule has 2 N–H and O–H groups in total. The number of carbonyl (C=O) groups is 3. The molecule has 130 valence electrons. The number of rotatable bonds is 4. The van der Waals surface area contributed by atoms with Gasteiger partial charge in [0.2, 0.25) is 5.91 Å². The number of nitrogens with zero attached hydrogens (tertiary/aromatic N) is 1. The van der Waals surface area contributed by atoms with Crippen molar-refractivity contribution < 1.29 is 23.6 Å². The number of fused-ring (bicyclic) bond motifs is 1. The van der Waals surface area contributed by atoms with Gasteiger partial charge in [-0.3, -0.25) is 9.59 Å². The SMILES string of the molecule is Cc1cc(NC(=O)[C@@H](C)OC(=O)c2ccc3c(c2)NC(=O)CS3)no1. The monoisotopic (exact) mass is 361 g/mol. The number of thioether (sulfide) groups is 1. The zero-order valence-electron chi connectivity index (χ0n) is 13.5. The van der Waals surface area contributed by atoms with E-state index >= 15 is 0 Å². The Balaban J connectivity index is 1.64. The first-order valence-corrected chi connectivity index (χ1v) is 8.43. The normalized spacial score (nSPS) is 14.2. The quantitative estimate of drug-likeness (QED) is 0.803. The van der Waals surface area contributed by atoms with Crippen molar-refractivity contribution in [3.8, 4) is 0 Å². The topological polar surface area (TPSA) is 111 Å². The number of hydrogen-bond donors (Lipinski definition) is 2. The van der Waals surface area contributed by atoms with Crippen molar-refractivity contribution >= 4 is 41.1 Å². The number of aryl methyl sites for hydroxylation is 1. The Hall–Kier alpha value is -2.81. The van der Waals surface area contributed by atoms with E-state index in [1.165, 1.54) is 24.8 Å². The maximum Gasteiger partial charge on any atom is 0.338 e. The molecule has 0 fully saturated rings. The minimum Gasteiger partial charge on any atom is -0.449 e. The van der Waals surface area contributed by atoms with Gasteiger partial charge in [0.25, 0.3) is 5.91 Å². The molecule has 25 heavy (non-hydrogen) atoms. The number of carbonyl (C=O) groups excluding carboxylic acids is 3. The van der Waals surface area contributed by atoms with Gasteiger partial charge in [0, 0.05) is 11.0 Å². The predicted molar refractivity (Wildman–Crippen MR) is 90.5 cm³/mol. The highest BCUT2D eigenvalue weighted by molar-refractivity contribution is 8.00. The Morgan fingerprint density at radius 1 is 1.40 bits per heavy atom. The third-order valence-electron chi connectivity index (χ3n) is 3.38. The van der Waals surface area contributed by atoms with Crippen molar-refractivity contribution in [1.29, 1.82) is 0 Å². The Bertz CT molecular complexity index is 848. The fraction of sp³-hybridized carbons (Fsp3) is 0.250. The van der Waals surface area contributed by atoms with E-state index in [2.05, 4.69) is 15.8 Å². The van der Waals surface area contributed by atoms with Crippen LogP contribution in [0.25, 0.3) is 0 Å². The summed E-state index contributed by atoms with van der Waals surface area (Å²) in [4.78, 5) is 36.6. The molecule has 0 aliphatic carbocycles. The van der Waals surface area contributed by atoms with Gasteiger partial charge >= 0.3 is 5.97 Å². The molecule has 1 aliphatic rings. The molecule has 0 bridgehead atoms. The van der Waals surface area contributed by atoms with Crippen LogP contribution in [0, 0.1) is 6.92 Å². The zero-order chi connectivity index (χ0) is 18.0. The van der Waals surface area contributed by atoms with E-state index in [0.29, 0.717) is 17.2 Å². The minimum atomic E-state index is -1.02. The number of amides is 2. The van der Waals surface area contributed by atoms with Crippen LogP contribution in [0.1, 0.15) is 23.0 Å². The number of hydrogen-bond acceptors (Lipinski definition) is 7. The van der Waals surface area contributed by atoms with Crippen LogP contribution in [0.4, 0.5) is 11.5 Å². The van der Waals surface area contributed by atoms with Gasteiger partial charge in [-0.05, 0) is 32.0 Å². The van der Waals surface area contributed by atoms with Gasteiger partial charge < -0.3 is 19.9 Å². The van der Waals surface area contributed by atoms with Gasteiger partial charge in [-0.15, -0.1) is 11.8 Å². The van der Waals surface area contributed by atoms with Gasteiger partial charge in [0.05, 0.1) is 17.0 Å². The van der Waals surface area contributed by atoms with Gasteiger partial charge in [-0.25, -0.2) is 4.79 Å². The largest absolute Gasteiger partial charge is 0.449 e. The van der Waals surface area contributed by atoms with Gasteiger partial charge in [-0.2, -0.15) is 0 Å². The maximum absolute atomic E-state index is 12.2. The lowest BCUT2D eigenvalue weighted by Gasteiger charge is -2.17. The summed E-state index contributed by atoms with van der Waals surface area (Å²) >= 11 is 1.40. The average Bonchev–Trinajstić information content (AvgIpc) is 2.98. The van der Waals surface area contributed by atoms with Gasteiger partial charge in [-0.1, -0.05) is 5.16 Å². The summed E-state index contributed by atoms with van der Waals surface area (Å²) in [5.74, 6) is -0.170. The molecule has 9 heteroatoms. The number of esters is 1. The minimum absolute atomic E-state index is 0.126. The van der Waals surface area contributed by atoms with Crippen LogP contribution in [0.2, 0.25) is 0 Å². The summed E-state index contributed by atoms with van der Waals surface area (Å²) < 4.78 is 10.0. The van der Waals surface area contributed by atoms with Crippen molar-refractivity contribution in [2.24, 2.45) is 0 Å². The number of anilines is 2. The first kappa shape index (κ1) is 17.0. The van der Waals surface area contributed by atoms with Crippen LogP contribution < -0.4 is 10.6 Å². The van der Waals surface area contributed by atoms with Crippen LogP contribution in [0.3, 0.4) is 0 Å². The fourth-order valence-corrected chi connectivity index (χ4v) is 2.93. The fourth-order valence-electron chi connectivity index (χ4n) is 2.15. The first-order valence-electron chi connectivity index (χ1n) is 7.44. The molecule has 2 aromatic rings. The van der Waals surface area contributed by atoms with E-state index < -0.39 is 18.0 Å². The van der Waals surface area contributed by atoms with Gasteiger partial charge in [0.15, 0.2) is 11.9 Å². The Morgan fingerprint density at radius 2 is 2.20 bits per heavy atom. The molecular formula is C16H15N3O5S. The molecule has 0 saturated heterocycles. The van der Waals surface area contributed by atoms with Crippen LogP contribution in [0.5, 0.6) is 0 Å².